The van der Waals surface area contributed by atoms with E-state index in [1.54, 1.807) is 44.6 Å². The Hall–Kier alpha value is -3.44. The molecule has 0 spiro atoms. The third-order valence-electron chi connectivity index (χ3n) is 5.43. The van der Waals surface area contributed by atoms with Crippen molar-refractivity contribution >= 4 is 29.2 Å². The van der Waals surface area contributed by atoms with Gasteiger partial charge in [0.15, 0.2) is 0 Å². The number of nitriles is 1. The van der Waals surface area contributed by atoms with Gasteiger partial charge in [0.2, 0.25) is 5.91 Å². The molecular weight excluding hydrogens is 442 g/mol. The van der Waals surface area contributed by atoms with Crippen LogP contribution >= 0.6 is 11.6 Å². The van der Waals surface area contributed by atoms with E-state index in [-0.39, 0.29) is 18.9 Å². The summed E-state index contributed by atoms with van der Waals surface area (Å²) in [7, 11) is 0. The average Bonchev–Trinajstić information content (AvgIpc) is 3.29. The second-order valence-electron chi connectivity index (χ2n) is 7.75. The number of rotatable bonds is 9. The largest absolute Gasteiger partial charge is 0.464 e. The van der Waals surface area contributed by atoms with Crippen LogP contribution in [0.3, 0.4) is 0 Å². The van der Waals surface area contributed by atoms with Gasteiger partial charge in [-0.1, -0.05) is 23.7 Å². The Kier molecular flexibility index (Phi) is 8.39. The fraction of sp³-hybridized carbons (Fsp3) is 0.375. The number of allylic oxidation sites excluding steroid dienone is 1. The summed E-state index contributed by atoms with van der Waals surface area (Å²) in [4.78, 5) is 34.8. The first-order valence-corrected chi connectivity index (χ1v) is 11.1. The van der Waals surface area contributed by atoms with Gasteiger partial charge >= 0.3 is 5.97 Å². The van der Waals surface area contributed by atoms with E-state index in [0.717, 1.165) is 18.5 Å². The molecule has 1 amide bonds. The van der Waals surface area contributed by atoms with Crippen molar-refractivity contribution in [3.63, 3.8) is 0 Å². The van der Waals surface area contributed by atoms with Crippen molar-refractivity contribution in [3.8, 4) is 6.07 Å². The Morgan fingerprint density at radius 1 is 1.33 bits per heavy atom. The van der Waals surface area contributed by atoms with Gasteiger partial charge in [0.25, 0.3) is 0 Å². The third-order valence-corrected chi connectivity index (χ3v) is 5.67. The molecule has 3 rings (SSSR count). The highest BCUT2D eigenvalue weighted by atomic mass is 35.5. The number of benzene rings is 1. The van der Waals surface area contributed by atoms with Crippen molar-refractivity contribution in [2.24, 2.45) is 10.9 Å². The smallest absolute Gasteiger partial charge is 0.315 e. The molecule has 2 atom stereocenters. The van der Waals surface area contributed by atoms with E-state index in [1.807, 2.05) is 22.9 Å². The number of aryl methyl sites for hydroxylation is 1. The first-order chi connectivity index (χ1) is 15.9. The highest BCUT2D eigenvalue weighted by molar-refractivity contribution is 6.30. The normalized spacial score (nSPS) is 17.8. The Labute approximate surface area is 197 Å². The van der Waals surface area contributed by atoms with Gasteiger partial charge in [0.05, 0.1) is 18.8 Å². The number of aliphatic imine (C=N–C) groups is 1. The van der Waals surface area contributed by atoms with Crippen LogP contribution in [0, 0.1) is 17.2 Å². The van der Waals surface area contributed by atoms with Crippen molar-refractivity contribution in [1.29, 1.82) is 5.26 Å². The third kappa shape index (κ3) is 6.08. The van der Waals surface area contributed by atoms with Gasteiger partial charge in [0.1, 0.15) is 12.5 Å². The monoisotopic (exact) mass is 467 g/mol. The maximum absolute atomic E-state index is 13.3. The Balaban J connectivity index is 1.86. The number of esters is 1. The van der Waals surface area contributed by atoms with Crippen molar-refractivity contribution < 1.29 is 14.3 Å². The lowest BCUT2D eigenvalue weighted by molar-refractivity contribution is -0.146. The zero-order valence-electron chi connectivity index (χ0n) is 18.6. The molecule has 0 saturated carbocycles. The first kappa shape index (κ1) is 24.2. The lowest BCUT2D eigenvalue weighted by atomic mass is 9.75. The number of nitrogens with one attached hydrogen (secondary N) is 1. The van der Waals surface area contributed by atoms with E-state index < -0.39 is 17.8 Å². The maximum Gasteiger partial charge on any atom is 0.315 e. The van der Waals surface area contributed by atoms with Crippen LogP contribution in [-0.2, 0) is 20.9 Å². The van der Waals surface area contributed by atoms with Gasteiger partial charge in [0, 0.05) is 53.4 Å². The number of ether oxygens (including phenoxy) is 1. The molecule has 172 valence electrons. The summed E-state index contributed by atoms with van der Waals surface area (Å²) < 4.78 is 7.28. The topological polar surface area (TPSA) is 109 Å². The number of nitrogens with zero attached hydrogens (tertiary/aromatic N) is 4. The van der Waals surface area contributed by atoms with Crippen LogP contribution in [0.15, 0.2) is 59.2 Å². The molecule has 0 bridgehead atoms. The lowest BCUT2D eigenvalue weighted by Crippen LogP contribution is -2.39. The van der Waals surface area contributed by atoms with E-state index in [0.29, 0.717) is 28.5 Å². The second kappa shape index (κ2) is 11.4. The molecule has 1 aromatic carbocycles. The van der Waals surface area contributed by atoms with Gasteiger partial charge in [-0.05, 0) is 38.0 Å². The fourth-order valence-electron chi connectivity index (χ4n) is 3.96. The number of halogens is 1. The van der Waals surface area contributed by atoms with Crippen LogP contribution in [0.25, 0.3) is 0 Å². The van der Waals surface area contributed by atoms with Gasteiger partial charge in [-0.3, -0.25) is 14.6 Å². The molecule has 1 N–H and O–H groups in total. The molecule has 9 heteroatoms. The summed E-state index contributed by atoms with van der Waals surface area (Å²) in [5, 5.41) is 12.2. The molecule has 0 saturated heterocycles. The van der Waals surface area contributed by atoms with Gasteiger partial charge in [-0.2, -0.15) is 5.26 Å². The zero-order valence-corrected chi connectivity index (χ0v) is 19.4. The summed E-state index contributed by atoms with van der Waals surface area (Å²) in [6.07, 6.45) is 6.12. The molecule has 0 aliphatic carbocycles. The van der Waals surface area contributed by atoms with Crippen molar-refractivity contribution in [2.75, 3.05) is 13.2 Å². The van der Waals surface area contributed by atoms with Crippen LogP contribution in [0.5, 0.6) is 0 Å². The number of hydrogen-bond donors (Lipinski definition) is 1. The van der Waals surface area contributed by atoms with Crippen LogP contribution in [0.2, 0.25) is 5.02 Å². The minimum absolute atomic E-state index is 0.0140. The highest BCUT2D eigenvalue weighted by Crippen LogP contribution is 2.40. The van der Waals surface area contributed by atoms with Crippen molar-refractivity contribution in [1.82, 2.24) is 14.9 Å². The highest BCUT2D eigenvalue weighted by Gasteiger charge is 2.41. The van der Waals surface area contributed by atoms with E-state index in [4.69, 9.17) is 21.6 Å². The van der Waals surface area contributed by atoms with Crippen molar-refractivity contribution in [2.45, 2.75) is 39.2 Å². The van der Waals surface area contributed by atoms with E-state index in [1.165, 1.54) is 0 Å². The Bertz CT molecular complexity index is 1100. The molecular formula is C24H26ClN5O3. The number of carbonyl (C=O) groups excluding carboxylic acids is 2. The summed E-state index contributed by atoms with van der Waals surface area (Å²) in [5.74, 6) is -2.20. The minimum atomic E-state index is -0.794. The van der Waals surface area contributed by atoms with Gasteiger partial charge < -0.3 is 14.6 Å². The molecule has 1 aliphatic heterocycles. The van der Waals surface area contributed by atoms with E-state index in [9.17, 15) is 9.59 Å². The van der Waals surface area contributed by atoms with E-state index >= 15 is 0 Å². The first-order valence-electron chi connectivity index (χ1n) is 10.7. The quantitative estimate of drug-likeness (QED) is 0.447. The molecule has 0 radical (unpaired) electrons. The molecule has 33 heavy (non-hydrogen) atoms. The Morgan fingerprint density at radius 3 is 2.85 bits per heavy atom. The predicted molar refractivity (Wildman–Crippen MR) is 125 cm³/mol. The molecule has 2 heterocycles. The van der Waals surface area contributed by atoms with Crippen LogP contribution in [0.4, 0.5) is 0 Å². The molecule has 2 unspecified atom stereocenters. The van der Waals surface area contributed by atoms with Crippen LogP contribution in [-0.4, -0.2) is 40.3 Å². The van der Waals surface area contributed by atoms with Crippen molar-refractivity contribution in [3.05, 3.63) is 64.8 Å². The molecule has 2 aromatic rings. The van der Waals surface area contributed by atoms with Crippen LogP contribution in [0.1, 0.15) is 38.2 Å². The van der Waals surface area contributed by atoms with E-state index in [2.05, 4.69) is 15.3 Å². The van der Waals surface area contributed by atoms with Crippen LogP contribution < -0.4 is 5.32 Å². The van der Waals surface area contributed by atoms with Gasteiger partial charge in [-0.25, -0.2) is 4.98 Å². The summed E-state index contributed by atoms with van der Waals surface area (Å²) in [6.45, 7) is 4.67. The summed E-state index contributed by atoms with van der Waals surface area (Å²) in [5.41, 5.74) is 2.23. The molecule has 0 fully saturated rings. The number of carbonyl (C=O) groups is 2. The molecule has 1 aromatic heterocycles. The Morgan fingerprint density at radius 2 is 2.15 bits per heavy atom. The van der Waals surface area contributed by atoms with Gasteiger partial charge in [-0.15, -0.1) is 0 Å². The number of aromatic nitrogens is 2. The standard InChI is InChI=1S/C24H26ClN5O3/c1-16-20(23(31)28-9-5-11-30-12-10-27-15-30)22(18-6-3-7-19(25)14-18)21(17(2)29-16)24(32)33-13-4-8-26/h3,6-7,10,12,14-15,21-22H,4-5,9,11,13H2,1-2H3,(H,28,31). The summed E-state index contributed by atoms with van der Waals surface area (Å²) >= 11 is 6.24. The number of amides is 1. The average molecular weight is 468 g/mol. The second-order valence-corrected chi connectivity index (χ2v) is 8.18. The summed E-state index contributed by atoms with van der Waals surface area (Å²) in [6, 6.07) is 9.07. The fourth-order valence-corrected chi connectivity index (χ4v) is 4.16. The minimum Gasteiger partial charge on any atom is -0.464 e. The number of hydrogen-bond acceptors (Lipinski definition) is 6. The zero-order chi connectivity index (χ0) is 23.8. The predicted octanol–water partition coefficient (Wildman–Crippen LogP) is 3.65. The SMILES string of the molecule is CC1=NC(C)=C(C(=O)NCCCn2ccnc2)C(c2cccc(Cl)c2)C1C(=O)OCCC#N. The maximum atomic E-state index is 13.3. The lowest BCUT2D eigenvalue weighted by Gasteiger charge is -2.32. The molecule has 1 aliphatic rings. The number of imidazole rings is 1. The molecule has 8 nitrogen and oxygen atoms in total.